The molecule has 0 atom stereocenters. The third-order valence-corrected chi connectivity index (χ3v) is 5.30. The minimum Gasteiger partial charge on any atom is -0.465 e. The number of benzene rings is 1. The van der Waals surface area contributed by atoms with Gasteiger partial charge in [0.1, 0.15) is 5.00 Å². The zero-order valence-electron chi connectivity index (χ0n) is 17.1. The van der Waals surface area contributed by atoms with Crippen molar-refractivity contribution in [1.82, 2.24) is 5.32 Å². The average Bonchev–Trinajstić information content (AvgIpc) is 3.07. The lowest BCUT2D eigenvalue weighted by atomic mass is 10.1. The molecule has 0 saturated carbocycles. The summed E-state index contributed by atoms with van der Waals surface area (Å²) in [7, 11) is 2.52. The number of methoxy groups -OCH3 is 1. The predicted octanol–water partition coefficient (Wildman–Crippen LogP) is 2.54. The number of hydrogen-bond donors (Lipinski definition) is 2. The molecule has 0 saturated heterocycles. The van der Waals surface area contributed by atoms with Crippen molar-refractivity contribution in [2.24, 2.45) is 0 Å². The molecule has 1 aromatic carbocycles. The van der Waals surface area contributed by atoms with E-state index in [1.807, 2.05) is 0 Å². The Balaban J connectivity index is 2.53. The van der Waals surface area contributed by atoms with Crippen molar-refractivity contribution in [3.63, 3.8) is 0 Å². The number of nitrogens with one attached hydrogen (secondary N) is 2. The lowest BCUT2D eigenvalue weighted by molar-refractivity contribution is -0.384. The van der Waals surface area contributed by atoms with Gasteiger partial charge in [-0.15, -0.1) is 11.3 Å². The molecule has 11 nitrogen and oxygen atoms in total. The Hall–Kier alpha value is -3.80. The SMILES string of the molecule is CCOC(=O)c1c(NC(=O)c2cc(C(=O)OC)cc([N+](=O)[O-])c2)sc(C(=O)NC)c1C. The summed E-state index contributed by atoms with van der Waals surface area (Å²) in [6.07, 6.45) is 0. The second-order valence-electron chi connectivity index (χ2n) is 6.03. The van der Waals surface area contributed by atoms with Crippen LogP contribution < -0.4 is 10.6 Å². The molecule has 2 rings (SSSR count). The molecule has 0 aliphatic heterocycles. The summed E-state index contributed by atoms with van der Waals surface area (Å²) in [5.41, 5.74) is -0.588. The number of carbonyl (C=O) groups is 4. The van der Waals surface area contributed by atoms with Crippen molar-refractivity contribution in [3.05, 3.63) is 55.4 Å². The monoisotopic (exact) mass is 449 g/mol. The largest absolute Gasteiger partial charge is 0.465 e. The molecule has 1 aromatic heterocycles. The van der Waals surface area contributed by atoms with Gasteiger partial charge < -0.3 is 20.1 Å². The topological polar surface area (TPSA) is 154 Å². The fraction of sp³-hybridized carbons (Fsp3) is 0.263. The molecule has 164 valence electrons. The number of anilines is 1. The minimum absolute atomic E-state index is 0.00239. The van der Waals surface area contributed by atoms with E-state index in [1.54, 1.807) is 6.92 Å². The molecule has 0 bridgehead atoms. The van der Waals surface area contributed by atoms with Crippen LogP contribution in [0.1, 0.15) is 53.2 Å². The first-order valence-corrected chi connectivity index (χ1v) is 9.67. The molecule has 31 heavy (non-hydrogen) atoms. The summed E-state index contributed by atoms with van der Waals surface area (Å²) in [6.45, 7) is 3.21. The molecule has 1 heterocycles. The van der Waals surface area contributed by atoms with Gasteiger partial charge in [-0.1, -0.05) is 0 Å². The van der Waals surface area contributed by atoms with Crippen LogP contribution in [0.2, 0.25) is 0 Å². The summed E-state index contributed by atoms with van der Waals surface area (Å²) in [4.78, 5) is 59.8. The molecule has 0 aliphatic carbocycles. The fourth-order valence-corrected chi connectivity index (χ4v) is 3.78. The zero-order valence-corrected chi connectivity index (χ0v) is 17.9. The van der Waals surface area contributed by atoms with Crippen LogP contribution in [0, 0.1) is 17.0 Å². The van der Waals surface area contributed by atoms with Crippen molar-refractivity contribution in [2.45, 2.75) is 13.8 Å². The van der Waals surface area contributed by atoms with Crippen molar-refractivity contribution >= 4 is 45.8 Å². The fourth-order valence-electron chi connectivity index (χ4n) is 2.64. The van der Waals surface area contributed by atoms with E-state index in [9.17, 15) is 29.3 Å². The Kier molecular flexibility index (Phi) is 7.42. The van der Waals surface area contributed by atoms with E-state index in [1.165, 1.54) is 14.0 Å². The average molecular weight is 449 g/mol. The van der Waals surface area contributed by atoms with E-state index >= 15 is 0 Å². The van der Waals surface area contributed by atoms with Gasteiger partial charge in [0, 0.05) is 24.7 Å². The molecule has 2 amide bonds. The summed E-state index contributed by atoms with van der Waals surface area (Å²) < 4.78 is 9.58. The van der Waals surface area contributed by atoms with Crippen LogP contribution in [0.5, 0.6) is 0 Å². The third kappa shape index (κ3) is 5.04. The highest BCUT2D eigenvalue weighted by atomic mass is 32.1. The predicted molar refractivity (Wildman–Crippen MR) is 111 cm³/mol. The number of nitro benzene ring substituents is 1. The van der Waals surface area contributed by atoms with E-state index in [4.69, 9.17) is 4.74 Å². The number of nitro groups is 1. The summed E-state index contributed by atoms with van der Waals surface area (Å²) in [5.74, 6) is -2.89. The Morgan fingerprint density at radius 3 is 2.29 bits per heavy atom. The molecule has 0 spiro atoms. The molecule has 0 unspecified atom stereocenters. The van der Waals surface area contributed by atoms with E-state index in [0.717, 1.165) is 36.6 Å². The quantitative estimate of drug-likeness (QED) is 0.371. The molecule has 12 heteroatoms. The maximum absolute atomic E-state index is 12.8. The first-order chi connectivity index (χ1) is 14.6. The zero-order chi connectivity index (χ0) is 23.3. The van der Waals surface area contributed by atoms with Crippen LogP contribution in [0.15, 0.2) is 18.2 Å². The van der Waals surface area contributed by atoms with Gasteiger partial charge in [-0.25, -0.2) is 9.59 Å². The first-order valence-electron chi connectivity index (χ1n) is 8.86. The second-order valence-corrected chi connectivity index (χ2v) is 7.05. The van der Waals surface area contributed by atoms with Gasteiger partial charge in [-0.3, -0.25) is 19.7 Å². The molecule has 0 radical (unpaired) electrons. The molecule has 2 aromatic rings. The number of amides is 2. The van der Waals surface area contributed by atoms with Crippen LogP contribution in [-0.2, 0) is 9.47 Å². The molecule has 2 N–H and O–H groups in total. The molecule has 0 fully saturated rings. The smallest absolute Gasteiger partial charge is 0.341 e. The normalized spacial score (nSPS) is 10.2. The van der Waals surface area contributed by atoms with Crippen LogP contribution >= 0.6 is 11.3 Å². The Morgan fingerprint density at radius 1 is 1.10 bits per heavy atom. The number of ether oxygens (including phenoxy) is 2. The van der Waals surface area contributed by atoms with Gasteiger partial charge in [-0.05, 0) is 25.5 Å². The van der Waals surface area contributed by atoms with E-state index in [2.05, 4.69) is 15.4 Å². The van der Waals surface area contributed by atoms with Crippen molar-refractivity contribution in [2.75, 3.05) is 26.1 Å². The molecular weight excluding hydrogens is 430 g/mol. The van der Waals surface area contributed by atoms with Gasteiger partial charge >= 0.3 is 11.9 Å². The van der Waals surface area contributed by atoms with E-state index in [0.29, 0.717) is 5.56 Å². The van der Waals surface area contributed by atoms with Crippen LogP contribution in [0.3, 0.4) is 0 Å². The van der Waals surface area contributed by atoms with Gasteiger partial charge in [0.25, 0.3) is 17.5 Å². The van der Waals surface area contributed by atoms with Gasteiger partial charge in [0.05, 0.1) is 34.6 Å². The lowest BCUT2D eigenvalue weighted by Crippen LogP contribution is -2.18. The highest BCUT2D eigenvalue weighted by molar-refractivity contribution is 7.18. The molecule has 0 aliphatic rings. The van der Waals surface area contributed by atoms with Crippen LogP contribution in [0.4, 0.5) is 10.7 Å². The summed E-state index contributed by atoms with van der Waals surface area (Å²) >= 11 is 0.851. The number of esters is 2. The highest BCUT2D eigenvalue weighted by Crippen LogP contribution is 2.34. The van der Waals surface area contributed by atoms with Crippen molar-refractivity contribution in [3.8, 4) is 0 Å². The van der Waals surface area contributed by atoms with Crippen LogP contribution in [-0.4, -0.2) is 49.4 Å². The second kappa shape index (κ2) is 9.80. The summed E-state index contributed by atoms with van der Waals surface area (Å²) in [6, 6.07) is 3.08. The minimum atomic E-state index is -0.862. The first kappa shape index (κ1) is 23.5. The Labute approximate surface area is 180 Å². The lowest BCUT2D eigenvalue weighted by Gasteiger charge is -2.08. The standard InChI is InChI=1S/C19H19N3O8S/c1-5-30-19(26)13-9(2)14(16(24)20-3)31-17(13)21-15(23)10-6-11(18(25)29-4)8-12(7-10)22(27)28/h6-8H,5H2,1-4H3,(H,20,24)(H,21,23). The summed E-state index contributed by atoms with van der Waals surface area (Å²) in [5, 5.41) is 16.1. The number of hydrogen-bond acceptors (Lipinski definition) is 9. The Morgan fingerprint density at radius 2 is 1.74 bits per heavy atom. The Bertz CT molecular complexity index is 1080. The maximum atomic E-state index is 12.8. The highest BCUT2D eigenvalue weighted by Gasteiger charge is 2.27. The number of rotatable bonds is 7. The van der Waals surface area contributed by atoms with Crippen molar-refractivity contribution < 1.29 is 33.6 Å². The number of carbonyl (C=O) groups excluding carboxylic acids is 4. The van der Waals surface area contributed by atoms with Gasteiger partial charge in [-0.2, -0.15) is 0 Å². The van der Waals surface area contributed by atoms with Gasteiger partial charge in [0.15, 0.2) is 0 Å². The number of nitrogens with zero attached hydrogens (tertiary/aromatic N) is 1. The van der Waals surface area contributed by atoms with Crippen molar-refractivity contribution in [1.29, 1.82) is 0 Å². The third-order valence-electron chi connectivity index (χ3n) is 4.10. The van der Waals surface area contributed by atoms with Gasteiger partial charge in [0.2, 0.25) is 0 Å². The molecular formula is C19H19N3O8S. The van der Waals surface area contributed by atoms with E-state index in [-0.39, 0.29) is 33.2 Å². The van der Waals surface area contributed by atoms with E-state index < -0.39 is 34.4 Å². The number of non-ortho nitro benzene ring substituents is 1. The maximum Gasteiger partial charge on any atom is 0.341 e. The number of thiophene rings is 1. The van der Waals surface area contributed by atoms with Crippen LogP contribution in [0.25, 0.3) is 0 Å².